The van der Waals surface area contributed by atoms with Gasteiger partial charge in [0.15, 0.2) is 0 Å². The van der Waals surface area contributed by atoms with Crippen LogP contribution in [0.3, 0.4) is 0 Å². The predicted octanol–water partition coefficient (Wildman–Crippen LogP) is 2.92. The number of hydrogen-bond donors (Lipinski definition) is 1. The van der Waals surface area contributed by atoms with Crippen LogP contribution in [0.25, 0.3) is 0 Å². The lowest BCUT2D eigenvalue weighted by Gasteiger charge is -2.20. The minimum absolute atomic E-state index is 0.0856. The van der Waals surface area contributed by atoms with Crippen LogP contribution in [0.4, 0.5) is 0 Å². The average Bonchev–Trinajstić information content (AvgIpc) is 3.08. The second-order valence-corrected chi connectivity index (χ2v) is 6.54. The molecule has 1 fully saturated rings. The monoisotopic (exact) mass is 279 g/mol. The molecule has 4 heteroatoms. The lowest BCUT2D eigenvalue weighted by atomic mass is 9.95. The van der Waals surface area contributed by atoms with Crippen LogP contribution in [0.2, 0.25) is 0 Å². The number of rotatable bonds is 3. The fourth-order valence-electron chi connectivity index (χ4n) is 3.06. The molecule has 2 aliphatic rings. The Morgan fingerprint density at radius 1 is 1.42 bits per heavy atom. The summed E-state index contributed by atoms with van der Waals surface area (Å²) in [6, 6.07) is 0.106. The second-order valence-electron chi connectivity index (χ2n) is 5.57. The van der Waals surface area contributed by atoms with Crippen LogP contribution in [0, 0.1) is 0 Å². The summed E-state index contributed by atoms with van der Waals surface area (Å²) >= 11 is 1.75. The number of ether oxygens (including phenoxy) is 1. The molecule has 0 radical (unpaired) electrons. The van der Waals surface area contributed by atoms with Gasteiger partial charge in [0, 0.05) is 16.9 Å². The van der Waals surface area contributed by atoms with Gasteiger partial charge in [0.05, 0.1) is 17.7 Å². The van der Waals surface area contributed by atoms with Crippen molar-refractivity contribution in [3.63, 3.8) is 0 Å². The summed E-state index contributed by atoms with van der Waals surface area (Å²) in [4.78, 5) is 13.8. The van der Waals surface area contributed by atoms with Crippen molar-refractivity contribution in [1.29, 1.82) is 0 Å². The lowest BCUT2D eigenvalue weighted by molar-refractivity contribution is 0.0712. The number of carbonyl (C=O) groups excluding carboxylic acids is 1. The highest BCUT2D eigenvalue weighted by molar-refractivity contribution is 7.10. The van der Waals surface area contributed by atoms with E-state index in [4.69, 9.17) is 4.74 Å². The van der Waals surface area contributed by atoms with E-state index in [2.05, 4.69) is 5.32 Å². The number of amides is 1. The maximum absolute atomic E-state index is 12.4. The smallest absolute Gasteiger partial charge is 0.252 e. The Kier molecular flexibility index (Phi) is 3.89. The molecule has 1 aliphatic heterocycles. The molecule has 3 nitrogen and oxygen atoms in total. The molecule has 2 atom stereocenters. The molecule has 1 aromatic rings. The van der Waals surface area contributed by atoms with Gasteiger partial charge in [-0.15, -0.1) is 11.3 Å². The van der Waals surface area contributed by atoms with E-state index in [0.29, 0.717) is 0 Å². The van der Waals surface area contributed by atoms with E-state index < -0.39 is 0 Å². The van der Waals surface area contributed by atoms with Crippen LogP contribution in [0.15, 0.2) is 5.38 Å². The van der Waals surface area contributed by atoms with Gasteiger partial charge >= 0.3 is 0 Å². The van der Waals surface area contributed by atoms with Gasteiger partial charge in [0.25, 0.3) is 5.91 Å². The highest BCUT2D eigenvalue weighted by Crippen LogP contribution is 2.30. The first-order valence-corrected chi connectivity index (χ1v) is 8.15. The van der Waals surface area contributed by atoms with Gasteiger partial charge in [-0.1, -0.05) is 0 Å². The van der Waals surface area contributed by atoms with Crippen molar-refractivity contribution in [1.82, 2.24) is 5.32 Å². The minimum Gasteiger partial charge on any atom is -0.376 e. The van der Waals surface area contributed by atoms with Crippen LogP contribution in [-0.2, 0) is 17.6 Å². The summed E-state index contributed by atoms with van der Waals surface area (Å²) in [5, 5.41) is 5.15. The van der Waals surface area contributed by atoms with Gasteiger partial charge in [-0.25, -0.2) is 0 Å². The van der Waals surface area contributed by atoms with Crippen molar-refractivity contribution in [2.45, 2.75) is 57.6 Å². The standard InChI is InChI=1S/C15H21NO2S/c1-10(13-6-4-8-18-13)16-15(17)12-9-19-14-7-3-2-5-11(12)14/h9-10,13H,2-8H2,1H3,(H,16,17)/t10-,13+/m1/s1. The molecule has 1 aliphatic carbocycles. The first-order valence-electron chi connectivity index (χ1n) is 7.27. The fourth-order valence-corrected chi connectivity index (χ4v) is 4.18. The van der Waals surface area contributed by atoms with Crippen molar-refractivity contribution in [3.8, 4) is 0 Å². The molecule has 19 heavy (non-hydrogen) atoms. The molecule has 0 aromatic carbocycles. The van der Waals surface area contributed by atoms with Crippen LogP contribution in [0.1, 0.15) is 53.4 Å². The van der Waals surface area contributed by atoms with E-state index in [1.807, 2.05) is 12.3 Å². The molecule has 1 N–H and O–H groups in total. The van der Waals surface area contributed by atoms with Gasteiger partial charge in [-0.3, -0.25) is 4.79 Å². The Bertz CT molecular complexity index is 463. The number of carbonyl (C=O) groups is 1. The molecule has 1 saturated heterocycles. The largest absolute Gasteiger partial charge is 0.376 e. The molecule has 1 aromatic heterocycles. The summed E-state index contributed by atoms with van der Waals surface area (Å²) in [7, 11) is 0. The summed E-state index contributed by atoms with van der Waals surface area (Å²) in [5.41, 5.74) is 2.21. The third-order valence-corrected chi connectivity index (χ3v) is 5.28. The first-order chi connectivity index (χ1) is 9.25. The quantitative estimate of drug-likeness (QED) is 0.924. The van der Waals surface area contributed by atoms with E-state index >= 15 is 0 Å². The normalized spacial score (nSPS) is 23.9. The van der Waals surface area contributed by atoms with Crippen molar-refractivity contribution in [2.75, 3.05) is 6.61 Å². The van der Waals surface area contributed by atoms with Gasteiger partial charge in [-0.05, 0) is 51.0 Å². The molecular weight excluding hydrogens is 258 g/mol. The molecule has 0 saturated carbocycles. The Balaban J connectivity index is 1.68. The molecular formula is C15H21NO2S. The van der Waals surface area contributed by atoms with Crippen LogP contribution >= 0.6 is 11.3 Å². The SMILES string of the molecule is C[C@@H](NC(=O)c1csc2c1CCCC2)[C@@H]1CCCO1. The Labute approximate surface area is 118 Å². The molecule has 0 spiro atoms. The topological polar surface area (TPSA) is 38.3 Å². The van der Waals surface area contributed by atoms with E-state index in [-0.39, 0.29) is 18.1 Å². The second kappa shape index (κ2) is 5.63. The third kappa shape index (κ3) is 2.70. The van der Waals surface area contributed by atoms with E-state index in [0.717, 1.165) is 37.9 Å². The minimum atomic E-state index is 0.0856. The van der Waals surface area contributed by atoms with Crippen molar-refractivity contribution < 1.29 is 9.53 Å². The zero-order chi connectivity index (χ0) is 13.2. The summed E-state index contributed by atoms with van der Waals surface area (Å²) in [5.74, 6) is 0.0856. The summed E-state index contributed by atoms with van der Waals surface area (Å²) in [6.45, 7) is 2.88. The molecule has 3 rings (SSSR count). The maximum Gasteiger partial charge on any atom is 0.252 e. The summed E-state index contributed by atoms with van der Waals surface area (Å²) in [6.07, 6.45) is 7.05. The van der Waals surface area contributed by atoms with E-state index in [1.54, 1.807) is 11.3 Å². The zero-order valence-corrected chi connectivity index (χ0v) is 12.2. The number of fused-ring (bicyclic) bond motifs is 1. The highest BCUT2D eigenvalue weighted by Gasteiger charge is 2.26. The first kappa shape index (κ1) is 13.1. The Morgan fingerprint density at radius 2 is 2.26 bits per heavy atom. The number of nitrogens with one attached hydrogen (secondary N) is 1. The van der Waals surface area contributed by atoms with Gasteiger partial charge in [-0.2, -0.15) is 0 Å². The van der Waals surface area contributed by atoms with Crippen LogP contribution in [-0.4, -0.2) is 24.7 Å². The van der Waals surface area contributed by atoms with Gasteiger partial charge in [0.2, 0.25) is 0 Å². The van der Waals surface area contributed by atoms with Crippen molar-refractivity contribution in [2.24, 2.45) is 0 Å². The lowest BCUT2D eigenvalue weighted by Crippen LogP contribution is -2.41. The Morgan fingerprint density at radius 3 is 3.05 bits per heavy atom. The van der Waals surface area contributed by atoms with Crippen molar-refractivity contribution >= 4 is 17.2 Å². The zero-order valence-electron chi connectivity index (χ0n) is 11.4. The van der Waals surface area contributed by atoms with Crippen LogP contribution < -0.4 is 5.32 Å². The van der Waals surface area contributed by atoms with Gasteiger partial charge < -0.3 is 10.1 Å². The number of aryl methyl sites for hydroxylation is 1. The molecule has 104 valence electrons. The third-order valence-electron chi connectivity index (χ3n) is 4.19. The Hall–Kier alpha value is -0.870. The van der Waals surface area contributed by atoms with Gasteiger partial charge in [0.1, 0.15) is 0 Å². The molecule has 0 bridgehead atoms. The van der Waals surface area contributed by atoms with E-state index in [1.165, 1.54) is 23.3 Å². The number of thiophene rings is 1. The molecule has 0 unspecified atom stereocenters. The maximum atomic E-state index is 12.4. The number of hydrogen-bond acceptors (Lipinski definition) is 3. The van der Waals surface area contributed by atoms with Crippen LogP contribution in [0.5, 0.6) is 0 Å². The summed E-state index contributed by atoms with van der Waals surface area (Å²) < 4.78 is 5.63. The fraction of sp³-hybridized carbons (Fsp3) is 0.667. The van der Waals surface area contributed by atoms with Crippen molar-refractivity contribution in [3.05, 3.63) is 21.4 Å². The highest BCUT2D eigenvalue weighted by atomic mass is 32.1. The molecule has 2 heterocycles. The van der Waals surface area contributed by atoms with E-state index in [9.17, 15) is 4.79 Å². The average molecular weight is 279 g/mol. The molecule has 1 amide bonds. The predicted molar refractivity (Wildman–Crippen MR) is 76.9 cm³/mol.